The van der Waals surface area contributed by atoms with Crippen LogP contribution in [0.1, 0.15) is 19.3 Å². The molecule has 2 fully saturated rings. The van der Waals surface area contributed by atoms with Crippen molar-refractivity contribution in [2.24, 2.45) is 29.6 Å². The van der Waals surface area contributed by atoms with Crippen LogP contribution in [0.25, 0.3) is 0 Å². The van der Waals surface area contributed by atoms with Gasteiger partial charge >= 0.3 is 5.97 Å². The average molecular weight is 178 g/mol. The van der Waals surface area contributed by atoms with Gasteiger partial charge in [0.1, 0.15) is 0 Å². The smallest absolute Gasteiger partial charge is 0.306 e. The normalized spacial score (nSPS) is 51.2. The van der Waals surface area contributed by atoms with Crippen molar-refractivity contribution in [2.45, 2.75) is 19.3 Å². The van der Waals surface area contributed by atoms with E-state index in [1.165, 1.54) is 12.8 Å². The van der Waals surface area contributed by atoms with E-state index in [4.69, 9.17) is 5.11 Å². The zero-order chi connectivity index (χ0) is 9.00. The van der Waals surface area contributed by atoms with Gasteiger partial charge in [0.25, 0.3) is 0 Å². The van der Waals surface area contributed by atoms with Crippen LogP contribution in [0.5, 0.6) is 0 Å². The molecule has 0 aromatic heterocycles. The standard InChI is InChI=1S/C11H14O2/c12-11(13)10-5-9(10)8-4-6-1-2-7(8)3-6/h1-2,6-10H,3-5H2,(H,12,13)/t6?,7?,8?,9-,10+/m0/s1. The molecule has 1 N–H and O–H groups in total. The molecule has 3 aliphatic carbocycles. The average Bonchev–Trinajstić information content (AvgIpc) is 2.64. The van der Waals surface area contributed by atoms with E-state index >= 15 is 0 Å². The summed E-state index contributed by atoms with van der Waals surface area (Å²) in [6.45, 7) is 0. The van der Waals surface area contributed by atoms with Crippen LogP contribution in [0, 0.1) is 29.6 Å². The van der Waals surface area contributed by atoms with Gasteiger partial charge in [-0.05, 0) is 42.9 Å². The molecule has 0 aromatic carbocycles. The Morgan fingerprint density at radius 3 is 2.46 bits per heavy atom. The van der Waals surface area contributed by atoms with Gasteiger partial charge in [-0.15, -0.1) is 0 Å². The molecule has 0 aliphatic heterocycles. The summed E-state index contributed by atoms with van der Waals surface area (Å²) in [5.41, 5.74) is 0. The lowest BCUT2D eigenvalue weighted by atomic mass is 9.88. The first-order valence-electron chi connectivity index (χ1n) is 5.17. The number of aliphatic carboxylic acids is 1. The Hall–Kier alpha value is -0.790. The van der Waals surface area contributed by atoms with E-state index in [1.54, 1.807) is 0 Å². The Kier molecular flexibility index (Phi) is 1.38. The van der Waals surface area contributed by atoms with Gasteiger partial charge in [0.05, 0.1) is 5.92 Å². The monoisotopic (exact) mass is 178 g/mol. The highest BCUT2D eigenvalue weighted by molar-refractivity contribution is 5.73. The molecule has 2 heteroatoms. The first-order chi connectivity index (χ1) is 6.25. The lowest BCUT2D eigenvalue weighted by Gasteiger charge is -2.17. The zero-order valence-corrected chi connectivity index (χ0v) is 7.52. The number of hydrogen-bond acceptors (Lipinski definition) is 1. The van der Waals surface area contributed by atoms with Crippen molar-refractivity contribution >= 4 is 5.97 Å². The van der Waals surface area contributed by atoms with Crippen LogP contribution in [0.15, 0.2) is 12.2 Å². The Balaban J connectivity index is 1.70. The molecule has 0 radical (unpaired) electrons. The number of carbonyl (C=O) groups is 1. The molecule has 0 spiro atoms. The van der Waals surface area contributed by atoms with Gasteiger partial charge in [-0.3, -0.25) is 4.79 Å². The third-order valence-corrected chi connectivity index (χ3v) is 4.04. The molecule has 2 saturated carbocycles. The number of carboxylic acids is 1. The summed E-state index contributed by atoms with van der Waals surface area (Å²) in [5, 5.41) is 8.84. The van der Waals surface area contributed by atoms with Crippen molar-refractivity contribution < 1.29 is 9.90 Å². The third-order valence-electron chi connectivity index (χ3n) is 4.04. The zero-order valence-electron chi connectivity index (χ0n) is 7.52. The first-order valence-corrected chi connectivity index (χ1v) is 5.17. The summed E-state index contributed by atoms with van der Waals surface area (Å²) in [6, 6.07) is 0. The van der Waals surface area contributed by atoms with E-state index in [2.05, 4.69) is 12.2 Å². The summed E-state index contributed by atoms with van der Waals surface area (Å²) in [4.78, 5) is 10.7. The number of rotatable bonds is 2. The second-order valence-corrected chi connectivity index (χ2v) is 4.79. The molecule has 70 valence electrons. The number of fused-ring (bicyclic) bond motifs is 2. The Morgan fingerprint density at radius 1 is 1.15 bits per heavy atom. The molecule has 0 heterocycles. The van der Waals surface area contributed by atoms with E-state index in [-0.39, 0.29) is 5.92 Å². The van der Waals surface area contributed by atoms with Gasteiger partial charge in [0.2, 0.25) is 0 Å². The molecule has 3 aliphatic rings. The lowest BCUT2D eigenvalue weighted by Crippen LogP contribution is -2.12. The SMILES string of the molecule is O=C(O)[C@@H]1C[C@H]1C1CC2C=CC1C2. The molecule has 13 heavy (non-hydrogen) atoms. The fraction of sp³-hybridized carbons (Fsp3) is 0.727. The van der Waals surface area contributed by atoms with Crippen LogP contribution < -0.4 is 0 Å². The van der Waals surface area contributed by atoms with Crippen LogP contribution in [-0.4, -0.2) is 11.1 Å². The minimum absolute atomic E-state index is 0.00208. The first kappa shape index (κ1) is 7.60. The molecule has 3 rings (SSSR count). The maximum absolute atomic E-state index is 10.7. The predicted molar refractivity (Wildman–Crippen MR) is 48.1 cm³/mol. The van der Waals surface area contributed by atoms with Gasteiger partial charge in [0.15, 0.2) is 0 Å². The van der Waals surface area contributed by atoms with Gasteiger partial charge in [0, 0.05) is 0 Å². The van der Waals surface area contributed by atoms with E-state index in [9.17, 15) is 4.79 Å². The molecular weight excluding hydrogens is 164 g/mol. The lowest BCUT2D eigenvalue weighted by molar-refractivity contribution is -0.139. The topological polar surface area (TPSA) is 37.3 Å². The Labute approximate surface area is 77.6 Å². The van der Waals surface area contributed by atoms with Gasteiger partial charge < -0.3 is 5.11 Å². The van der Waals surface area contributed by atoms with Crippen molar-refractivity contribution in [1.82, 2.24) is 0 Å². The molecule has 0 amide bonds. The number of allylic oxidation sites excluding steroid dienone is 2. The summed E-state index contributed by atoms with van der Waals surface area (Å²) in [7, 11) is 0. The Morgan fingerprint density at radius 2 is 2.00 bits per heavy atom. The minimum atomic E-state index is -0.572. The van der Waals surface area contributed by atoms with Crippen molar-refractivity contribution in [3.05, 3.63) is 12.2 Å². The maximum atomic E-state index is 10.7. The van der Waals surface area contributed by atoms with Gasteiger partial charge in [-0.25, -0.2) is 0 Å². The van der Waals surface area contributed by atoms with Crippen LogP contribution >= 0.6 is 0 Å². The van der Waals surface area contributed by atoms with E-state index in [1.807, 2.05) is 0 Å². The molecule has 2 nitrogen and oxygen atoms in total. The highest BCUT2D eigenvalue weighted by atomic mass is 16.4. The fourth-order valence-corrected chi connectivity index (χ4v) is 3.29. The van der Waals surface area contributed by atoms with E-state index in [0.717, 1.165) is 18.3 Å². The minimum Gasteiger partial charge on any atom is -0.481 e. The van der Waals surface area contributed by atoms with Crippen molar-refractivity contribution in [3.63, 3.8) is 0 Å². The van der Waals surface area contributed by atoms with E-state index < -0.39 is 5.97 Å². The second kappa shape index (κ2) is 2.37. The molecule has 5 atom stereocenters. The second-order valence-electron chi connectivity index (χ2n) is 4.79. The fourth-order valence-electron chi connectivity index (χ4n) is 3.29. The Bertz CT molecular complexity index is 282. The third kappa shape index (κ3) is 1.04. The summed E-state index contributed by atoms with van der Waals surface area (Å²) in [6.07, 6.45) is 8.13. The largest absolute Gasteiger partial charge is 0.481 e. The highest BCUT2D eigenvalue weighted by Crippen LogP contribution is 2.56. The quantitative estimate of drug-likeness (QED) is 0.656. The molecule has 3 unspecified atom stereocenters. The summed E-state index contributed by atoms with van der Waals surface area (Å²) < 4.78 is 0. The van der Waals surface area contributed by atoms with Crippen molar-refractivity contribution in [3.8, 4) is 0 Å². The summed E-state index contributed by atoms with van der Waals surface area (Å²) in [5.74, 6) is 2.15. The van der Waals surface area contributed by atoms with Crippen LogP contribution in [0.3, 0.4) is 0 Å². The van der Waals surface area contributed by atoms with Crippen molar-refractivity contribution in [1.29, 1.82) is 0 Å². The van der Waals surface area contributed by atoms with Crippen LogP contribution in [-0.2, 0) is 4.79 Å². The number of hydrogen-bond donors (Lipinski definition) is 1. The van der Waals surface area contributed by atoms with Crippen molar-refractivity contribution in [2.75, 3.05) is 0 Å². The summed E-state index contributed by atoms with van der Waals surface area (Å²) >= 11 is 0. The highest BCUT2D eigenvalue weighted by Gasteiger charge is 2.52. The molecule has 0 aromatic rings. The van der Waals surface area contributed by atoms with E-state index in [0.29, 0.717) is 11.8 Å². The maximum Gasteiger partial charge on any atom is 0.306 e. The molecule has 2 bridgehead atoms. The number of carboxylic acid groups (broad SMARTS) is 1. The van der Waals surface area contributed by atoms with Crippen LogP contribution in [0.4, 0.5) is 0 Å². The van der Waals surface area contributed by atoms with Crippen LogP contribution in [0.2, 0.25) is 0 Å². The van der Waals surface area contributed by atoms with Gasteiger partial charge in [-0.2, -0.15) is 0 Å². The molecule has 0 saturated heterocycles. The predicted octanol–water partition coefficient (Wildman–Crippen LogP) is 1.92. The molecular formula is C11H14O2. The van der Waals surface area contributed by atoms with Gasteiger partial charge in [-0.1, -0.05) is 12.2 Å².